The summed E-state index contributed by atoms with van der Waals surface area (Å²) in [5, 5.41) is 0.899. The first kappa shape index (κ1) is 32.3. The largest absolute Gasteiger partial charge is 0.748 e. The van der Waals surface area contributed by atoms with Crippen molar-refractivity contribution in [1.29, 1.82) is 0 Å². The van der Waals surface area contributed by atoms with Crippen LogP contribution >= 0.6 is 0 Å². The van der Waals surface area contributed by atoms with Crippen molar-refractivity contribution in [2.45, 2.75) is 71.3 Å². The van der Waals surface area contributed by atoms with Crippen LogP contribution < -0.4 is 20.0 Å². The molecule has 0 unspecified atom stereocenters. The normalized spacial score (nSPS) is 11.9. The predicted molar refractivity (Wildman–Crippen MR) is 167 cm³/mol. The molecule has 0 atom stereocenters. The van der Waals surface area contributed by atoms with Crippen molar-refractivity contribution in [2.24, 2.45) is 0 Å². The Balaban J connectivity index is 1.81. The molecule has 0 aliphatic heterocycles. The first-order valence-electron chi connectivity index (χ1n) is 14.7. The molecule has 1 aromatic carbocycles. The van der Waals surface area contributed by atoms with Crippen LogP contribution in [-0.4, -0.2) is 46.4 Å². The number of rotatable bonds is 17. The molecule has 0 spiro atoms. The fourth-order valence-electron chi connectivity index (χ4n) is 4.95. The lowest BCUT2D eigenvalue weighted by atomic mass is 10.1. The summed E-state index contributed by atoms with van der Waals surface area (Å²) in [6.07, 6.45) is 17.5. The lowest BCUT2D eigenvalue weighted by molar-refractivity contribution is -0.696. The van der Waals surface area contributed by atoms with Crippen LogP contribution in [0.3, 0.4) is 0 Å². The molecule has 0 aliphatic carbocycles. The van der Waals surface area contributed by atoms with Gasteiger partial charge in [0.05, 0.1) is 21.4 Å². The summed E-state index contributed by atoms with van der Waals surface area (Å²) in [7, 11) is 1.75. The number of unbranched alkanes of at least 4 members (excludes halogenated alkanes) is 7. The van der Waals surface area contributed by atoms with Crippen molar-refractivity contribution in [3.63, 3.8) is 0 Å². The van der Waals surface area contributed by atoms with Crippen LogP contribution in [0.5, 0.6) is 0 Å². The van der Waals surface area contributed by atoms with Gasteiger partial charge < -0.3 is 18.8 Å². The Morgan fingerprint density at radius 2 is 1.56 bits per heavy atom. The molecular weight excluding hydrogens is 538 g/mol. The zero-order valence-corrected chi connectivity index (χ0v) is 25.8. The van der Waals surface area contributed by atoms with Crippen LogP contribution in [0.1, 0.15) is 75.8 Å². The van der Waals surface area contributed by atoms with Crippen LogP contribution in [0.15, 0.2) is 51.9 Å². The van der Waals surface area contributed by atoms with Crippen LogP contribution in [0.25, 0.3) is 23.1 Å². The van der Waals surface area contributed by atoms with Gasteiger partial charge in [-0.15, -0.1) is 0 Å². The number of hydrogen-bond donors (Lipinski definition) is 0. The van der Waals surface area contributed by atoms with E-state index in [1.165, 1.54) is 38.5 Å². The van der Waals surface area contributed by atoms with Crippen molar-refractivity contribution >= 4 is 44.6 Å². The smallest absolute Gasteiger partial charge is 0.345 e. The zero-order chi connectivity index (χ0) is 29.8. The van der Waals surface area contributed by atoms with E-state index >= 15 is 0 Å². The number of fused-ring (bicyclic) bond motifs is 1. The van der Waals surface area contributed by atoms with Crippen LogP contribution in [0.2, 0.25) is 0 Å². The second kappa shape index (κ2) is 15.7. The van der Waals surface area contributed by atoms with Crippen molar-refractivity contribution < 1.29 is 22.0 Å². The van der Waals surface area contributed by atoms with E-state index in [2.05, 4.69) is 11.8 Å². The first-order valence-corrected chi connectivity index (χ1v) is 16.3. The quantitative estimate of drug-likeness (QED) is 0.0854. The van der Waals surface area contributed by atoms with E-state index in [0.29, 0.717) is 17.7 Å². The standard InChI is InChI=1S/C32H45N3O5S/c1-5-6-7-8-9-10-11-12-20-34(4)31-28-17-15-27(33(2)3)25-30(28)40-32(36)29(31)16-14-26-18-22-35(23-19-26)21-13-24-41(37,38)39/h14-19,22-23,25H,5-13,20-21,24H2,1-4H3. The molecule has 0 aliphatic rings. The summed E-state index contributed by atoms with van der Waals surface area (Å²) in [6.45, 7) is 3.51. The van der Waals surface area contributed by atoms with E-state index in [-0.39, 0.29) is 17.8 Å². The van der Waals surface area contributed by atoms with Gasteiger partial charge in [0.25, 0.3) is 0 Å². The first-order chi connectivity index (χ1) is 19.6. The summed E-state index contributed by atoms with van der Waals surface area (Å²) in [4.78, 5) is 17.4. The van der Waals surface area contributed by atoms with Gasteiger partial charge in [-0.05, 0) is 30.2 Å². The predicted octanol–water partition coefficient (Wildman–Crippen LogP) is 5.83. The van der Waals surface area contributed by atoms with Gasteiger partial charge in [-0.25, -0.2) is 17.8 Å². The molecule has 8 nitrogen and oxygen atoms in total. The minimum Gasteiger partial charge on any atom is -0.748 e. The van der Waals surface area contributed by atoms with E-state index in [0.717, 1.165) is 41.7 Å². The lowest BCUT2D eigenvalue weighted by Gasteiger charge is -2.23. The second-order valence-electron chi connectivity index (χ2n) is 10.9. The Labute approximate surface area is 245 Å². The van der Waals surface area contributed by atoms with Gasteiger partial charge in [-0.1, -0.05) is 57.9 Å². The summed E-state index contributed by atoms with van der Waals surface area (Å²) < 4.78 is 40.2. The SMILES string of the molecule is CCCCCCCCCCN(C)c1c(/C=C/c2cc[n+](CCCS(=O)(=O)[O-])cc2)c(=O)oc2cc(N(C)C)ccc12. The molecule has 3 aromatic rings. The highest BCUT2D eigenvalue weighted by Gasteiger charge is 2.17. The van der Waals surface area contributed by atoms with Gasteiger partial charge >= 0.3 is 5.63 Å². The van der Waals surface area contributed by atoms with Crippen molar-refractivity contribution in [2.75, 3.05) is 43.2 Å². The fourth-order valence-corrected chi connectivity index (χ4v) is 5.43. The maximum atomic E-state index is 13.3. The summed E-state index contributed by atoms with van der Waals surface area (Å²) >= 11 is 0. The van der Waals surface area contributed by atoms with E-state index in [1.807, 2.05) is 85.5 Å². The minimum absolute atomic E-state index is 0.258. The molecule has 41 heavy (non-hydrogen) atoms. The average Bonchev–Trinajstić information content (AvgIpc) is 2.92. The Morgan fingerprint density at radius 1 is 0.902 bits per heavy atom. The van der Waals surface area contributed by atoms with Crippen LogP contribution in [-0.2, 0) is 16.7 Å². The molecule has 224 valence electrons. The Bertz CT molecular complexity index is 1450. The molecule has 0 bridgehead atoms. The molecule has 0 amide bonds. The molecule has 0 fully saturated rings. The van der Waals surface area contributed by atoms with Gasteiger partial charge in [-0.2, -0.15) is 0 Å². The molecule has 0 saturated carbocycles. The number of aryl methyl sites for hydroxylation is 1. The number of pyridine rings is 1. The van der Waals surface area contributed by atoms with Gasteiger partial charge in [0.1, 0.15) is 12.1 Å². The molecular formula is C32H45N3O5S. The fraction of sp³-hybridized carbons (Fsp3) is 0.500. The van der Waals surface area contributed by atoms with E-state index in [1.54, 1.807) is 0 Å². The van der Waals surface area contributed by atoms with E-state index in [4.69, 9.17) is 4.42 Å². The third kappa shape index (κ3) is 10.3. The maximum absolute atomic E-state index is 13.3. The van der Waals surface area contributed by atoms with Gasteiger partial charge in [0.15, 0.2) is 12.4 Å². The lowest BCUT2D eigenvalue weighted by Crippen LogP contribution is -2.33. The molecule has 0 saturated heterocycles. The van der Waals surface area contributed by atoms with Crippen molar-refractivity contribution in [3.8, 4) is 0 Å². The molecule has 2 heterocycles. The molecule has 2 aromatic heterocycles. The molecule has 9 heteroatoms. The Morgan fingerprint density at radius 3 is 2.20 bits per heavy atom. The summed E-state index contributed by atoms with van der Waals surface area (Å²) in [5.74, 6) is -0.384. The van der Waals surface area contributed by atoms with Crippen molar-refractivity contribution in [1.82, 2.24) is 0 Å². The second-order valence-corrected chi connectivity index (χ2v) is 12.5. The zero-order valence-electron chi connectivity index (χ0n) is 25.0. The number of anilines is 2. The van der Waals surface area contributed by atoms with Gasteiger partial charge in [0, 0.05) is 69.1 Å². The highest BCUT2D eigenvalue weighted by Crippen LogP contribution is 2.32. The monoisotopic (exact) mass is 583 g/mol. The summed E-state index contributed by atoms with van der Waals surface area (Å²) in [6, 6.07) is 9.75. The minimum atomic E-state index is -4.21. The highest BCUT2D eigenvalue weighted by atomic mass is 32.2. The van der Waals surface area contributed by atoms with Crippen LogP contribution in [0.4, 0.5) is 11.4 Å². The molecule has 3 rings (SSSR count). The molecule has 0 N–H and O–H groups in total. The van der Waals surface area contributed by atoms with E-state index in [9.17, 15) is 17.8 Å². The summed E-state index contributed by atoms with van der Waals surface area (Å²) in [5.41, 5.74) is 3.41. The number of benzene rings is 1. The average molecular weight is 584 g/mol. The number of hydrogen-bond acceptors (Lipinski definition) is 7. The third-order valence-electron chi connectivity index (χ3n) is 7.31. The van der Waals surface area contributed by atoms with Gasteiger partial charge in [-0.3, -0.25) is 0 Å². The highest BCUT2D eigenvalue weighted by molar-refractivity contribution is 7.85. The maximum Gasteiger partial charge on any atom is 0.345 e. The van der Waals surface area contributed by atoms with Crippen LogP contribution in [0, 0.1) is 0 Å². The Hall–Kier alpha value is -3.17. The number of aromatic nitrogens is 1. The molecule has 0 radical (unpaired) electrons. The van der Waals surface area contributed by atoms with Gasteiger partial charge in [0.2, 0.25) is 0 Å². The third-order valence-corrected chi connectivity index (χ3v) is 8.10. The van der Waals surface area contributed by atoms with E-state index < -0.39 is 10.1 Å². The Kier molecular flexibility index (Phi) is 12.4. The topological polar surface area (TPSA) is 97.8 Å². The number of nitrogens with zero attached hydrogens (tertiary/aromatic N) is 3. The van der Waals surface area contributed by atoms with Crippen molar-refractivity contribution in [3.05, 3.63) is 64.3 Å².